The van der Waals surface area contributed by atoms with Crippen LogP contribution in [-0.2, 0) is 0 Å². The van der Waals surface area contributed by atoms with Gasteiger partial charge in [0.1, 0.15) is 22.3 Å². The molecule has 46 heavy (non-hydrogen) atoms. The molecule has 0 N–H and O–H groups in total. The summed E-state index contributed by atoms with van der Waals surface area (Å²) in [6, 6.07) is 41.0. The highest BCUT2D eigenvalue weighted by atomic mass is 16.3. The molecule has 10 aromatic rings. The van der Waals surface area contributed by atoms with E-state index in [2.05, 4.69) is 65.6 Å². The molecule has 0 radical (unpaired) electrons. The molecular formula is C40H22N4O2. The van der Waals surface area contributed by atoms with Gasteiger partial charge in [0, 0.05) is 61.4 Å². The number of para-hydroxylation sites is 1. The third-order valence-electron chi connectivity index (χ3n) is 8.81. The fraction of sp³-hybridized carbons (Fsp3) is 0. The van der Waals surface area contributed by atoms with Crippen molar-refractivity contribution < 1.29 is 8.83 Å². The SMILES string of the molecule is c1ccc2cc(-c3nc(-c4cccc5oc6ccccc6c45)nc(-c4cccc5oc6c7ccncc7ccc6c45)n3)ccc2c1. The number of benzene rings is 6. The second-order valence-corrected chi connectivity index (χ2v) is 11.5. The first-order valence-corrected chi connectivity index (χ1v) is 15.1. The molecule has 0 aliphatic rings. The molecule has 0 aliphatic heterocycles. The van der Waals surface area contributed by atoms with Crippen molar-refractivity contribution in [1.82, 2.24) is 19.9 Å². The van der Waals surface area contributed by atoms with Crippen molar-refractivity contribution in [3.8, 4) is 34.2 Å². The predicted octanol–water partition coefficient (Wildman–Crippen LogP) is 10.4. The van der Waals surface area contributed by atoms with Gasteiger partial charge in [-0.2, -0.15) is 0 Å². The molecular weight excluding hydrogens is 568 g/mol. The van der Waals surface area contributed by atoms with E-state index in [1.54, 1.807) is 6.20 Å². The van der Waals surface area contributed by atoms with Crippen molar-refractivity contribution in [3.05, 3.63) is 134 Å². The molecule has 4 heterocycles. The lowest BCUT2D eigenvalue weighted by Gasteiger charge is -2.10. The maximum Gasteiger partial charge on any atom is 0.164 e. The Balaban J connectivity index is 1.28. The van der Waals surface area contributed by atoms with E-state index in [1.165, 1.54) is 0 Å². The summed E-state index contributed by atoms with van der Waals surface area (Å²) in [7, 11) is 0. The lowest BCUT2D eigenvalue weighted by Crippen LogP contribution is -2.00. The van der Waals surface area contributed by atoms with E-state index in [0.717, 1.165) is 82.1 Å². The summed E-state index contributed by atoms with van der Waals surface area (Å²) in [5, 5.41) is 8.28. The van der Waals surface area contributed by atoms with Crippen molar-refractivity contribution in [2.45, 2.75) is 0 Å². The van der Waals surface area contributed by atoms with Gasteiger partial charge in [-0.15, -0.1) is 0 Å². The van der Waals surface area contributed by atoms with Crippen LogP contribution in [0, 0.1) is 0 Å². The molecule has 0 bridgehead atoms. The number of hydrogen-bond acceptors (Lipinski definition) is 6. The van der Waals surface area contributed by atoms with E-state index in [1.807, 2.05) is 66.9 Å². The summed E-state index contributed by atoms with van der Waals surface area (Å²) >= 11 is 0. The molecule has 10 rings (SSSR count). The van der Waals surface area contributed by atoms with Gasteiger partial charge in [-0.3, -0.25) is 4.98 Å². The van der Waals surface area contributed by atoms with Crippen LogP contribution in [0.4, 0.5) is 0 Å². The summed E-state index contributed by atoms with van der Waals surface area (Å²) < 4.78 is 12.7. The third-order valence-corrected chi connectivity index (χ3v) is 8.81. The van der Waals surface area contributed by atoms with Gasteiger partial charge in [0.15, 0.2) is 17.5 Å². The predicted molar refractivity (Wildman–Crippen MR) is 183 cm³/mol. The smallest absolute Gasteiger partial charge is 0.164 e. The Bertz CT molecular complexity index is 2830. The number of fused-ring (bicyclic) bond motifs is 9. The van der Waals surface area contributed by atoms with Gasteiger partial charge < -0.3 is 8.83 Å². The maximum absolute atomic E-state index is 6.49. The zero-order chi connectivity index (χ0) is 30.2. The summed E-state index contributed by atoms with van der Waals surface area (Å²) in [6.07, 6.45) is 3.65. The first kappa shape index (κ1) is 25.0. The molecule has 0 spiro atoms. The minimum atomic E-state index is 0.570. The first-order chi connectivity index (χ1) is 22.8. The topological polar surface area (TPSA) is 77.8 Å². The monoisotopic (exact) mass is 590 g/mol. The summed E-state index contributed by atoms with van der Waals surface area (Å²) in [4.78, 5) is 19.7. The number of hydrogen-bond donors (Lipinski definition) is 0. The molecule has 0 unspecified atom stereocenters. The molecule has 6 heteroatoms. The Morgan fingerprint density at radius 2 is 1.11 bits per heavy atom. The quantitative estimate of drug-likeness (QED) is 0.204. The highest BCUT2D eigenvalue weighted by Gasteiger charge is 2.21. The Kier molecular flexibility index (Phi) is 5.19. The Labute approximate surface area is 261 Å². The minimum absolute atomic E-state index is 0.570. The van der Waals surface area contributed by atoms with Crippen LogP contribution in [0.15, 0.2) is 143 Å². The normalized spacial score (nSPS) is 11.9. The van der Waals surface area contributed by atoms with E-state index < -0.39 is 0 Å². The van der Waals surface area contributed by atoms with Crippen molar-refractivity contribution in [2.24, 2.45) is 0 Å². The average Bonchev–Trinajstić information content (AvgIpc) is 3.70. The maximum atomic E-state index is 6.49. The van der Waals surface area contributed by atoms with Crippen LogP contribution in [-0.4, -0.2) is 19.9 Å². The fourth-order valence-corrected chi connectivity index (χ4v) is 6.67. The van der Waals surface area contributed by atoms with Crippen molar-refractivity contribution in [3.63, 3.8) is 0 Å². The van der Waals surface area contributed by atoms with Crippen molar-refractivity contribution in [2.75, 3.05) is 0 Å². The Morgan fingerprint density at radius 1 is 0.435 bits per heavy atom. The first-order valence-electron chi connectivity index (χ1n) is 15.1. The zero-order valence-corrected chi connectivity index (χ0v) is 24.3. The lowest BCUT2D eigenvalue weighted by atomic mass is 10.0. The van der Waals surface area contributed by atoms with Gasteiger partial charge >= 0.3 is 0 Å². The van der Waals surface area contributed by atoms with E-state index >= 15 is 0 Å². The molecule has 0 saturated carbocycles. The summed E-state index contributed by atoms with van der Waals surface area (Å²) in [5.41, 5.74) is 5.88. The molecule has 0 fully saturated rings. The Hall–Kier alpha value is -6.40. The van der Waals surface area contributed by atoms with E-state index in [0.29, 0.717) is 17.5 Å². The van der Waals surface area contributed by atoms with E-state index in [-0.39, 0.29) is 0 Å². The van der Waals surface area contributed by atoms with Crippen LogP contribution in [0.5, 0.6) is 0 Å². The molecule has 0 aliphatic carbocycles. The minimum Gasteiger partial charge on any atom is -0.456 e. The van der Waals surface area contributed by atoms with Crippen LogP contribution >= 0.6 is 0 Å². The van der Waals surface area contributed by atoms with Crippen LogP contribution < -0.4 is 0 Å². The largest absolute Gasteiger partial charge is 0.456 e. The highest BCUT2D eigenvalue weighted by Crippen LogP contribution is 2.40. The molecule has 6 nitrogen and oxygen atoms in total. The number of pyridine rings is 1. The van der Waals surface area contributed by atoms with Crippen molar-refractivity contribution in [1.29, 1.82) is 0 Å². The average molecular weight is 591 g/mol. The van der Waals surface area contributed by atoms with Gasteiger partial charge in [0.05, 0.1) is 0 Å². The van der Waals surface area contributed by atoms with Gasteiger partial charge in [-0.05, 0) is 47.2 Å². The van der Waals surface area contributed by atoms with Gasteiger partial charge in [-0.1, -0.05) is 84.9 Å². The number of aromatic nitrogens is 4. The summed E-state index contributed by atoms with van der Waals surface area (Å²) in [5.74, 6) is 1.74. The lowest BCUT2D eigenvalue weighted by molar-refractivity contribution is 0.669. The molecule has 0 atom stereocenters. The summed E-state index contributed by atoms with van der Waals surface area (Å²) in [6.45, 7) is 0. The van der Waals surface area contributed by atoms with E-state index in [9.17, 15) is 0 Å². The molecule has 6 aromatic carbocycles. The molecule has 0 saturated heterocycles. The fourth-order valence-electron chi connectivity index (χ4n) is 6.67. The van der Waals surface area contributed by atoms with Crippen molar-refractivity contribution >= 4 is 65.4 Å². The van der Waals surface area contributed by atoms with Crippen LogP contribution in [0.25, 0.3) is 99.6 Å². The molecule has 214 valence electrons. The number of nitrogens with zero attached hydrogens (tertiary/aromatic N) is 4. The van der Waals surface area contributed by atoms with Crippen LogP contribution in [0.2, 0.25) is 0 Å². The van der Waals surface area contributed by atoms with E-state index in [4.69, 9.17) is 23.8 Å². The van der Waals surface area contributed by atoms with Gasteiger partial charge in [0.2, 0.25) is 0 Å². The van der Waals surface area contributed by atoms with Crippen LogP contribution in [0.3, 0.4) is 0 Å². The second-order valence-electron chi connectivity index (χ2n) is 11.5. The molecule has 0 amide bonds. The molecule has 4 aromatic heterocycles. The zero-order valence-electron chi connectivity index (χ0n) is 24.3. The second kappa shape index (κ2) is 9.55. The third kappa shape index (κ3) is 3.70. The van der Waals surface area contributed by atoms with Crippen LogP contribution in [0.1, 0.15) is 0 Å². The highest BCUT2D eigenvalue weighted by molar-refractivity contribution is 6.18. The van der Waals surface area contributed by atoms with Gasteiger partial charge in [0.25, 0.3) is 0 Å². The standard InChI is InChI=1S/C40H22N4O2/c1-2-8-24-21-25(16-15-23(24)7-1)38-42-39(30-10-5-13-33-35(30)28-9-3-4-12-32(28)45-33)44-40(43-38)31-11-6-14-34-36(31)29-18-17-26-22-41-20-19-27(26)37(29)46-34/h1-22H. The Morgan fingerprint density at radius 3 is 1.96 bits per heavy atom. The number of rotatable bonds is 3. The number of furan rings is 2. The van der Waals surface area contributed by atoms with Gasteiger partial charge in [-0.25, -0.2) is 15.0 Å².